The minimum Gasteiger partial charge on any atom is -0.386 e. The highest BCUT2D eigenvalue weighted by Crippen LogP contribution is 2.31. The van der Waals surface area contributed by atoms with E-state index >= 15 is 0 Å². The minimum absolute atomic E-state index is 0.258. The van der Waals surface area contributed by atoms with Crippen LogP contribution >= 0.6 is 0 Å². The summed E-state index contributed by atoms with van der Waals surface area (Å²) in [5, 5.41) is 20.7. The number of amides is 1. The number of aryl methyl sites for hydroxylation is 2. The number of hydrogen-bond acceptors (Lipinski definition) is 6. The Bertz CT molecular complexity index is 2080. The zero-order chi connectivity index (χ0) is 31.7. The molecule has 0 spiro atoms. The number of carbonyl (C=O) groups is 1. The Morgan fingerprint density at radius 2 is 1.80 bits per heavy atom. The molecule has 3 N–H and O–H groups in total. The molecule has 6 rings (SSSR count). The molecule has 6 aromatic rings. The summed E-state index contributed by atoms with van der Waals surface area (Å²) in [5.41, 5.74) is 8.37. The van der Waals surface area contributed by atoms with Gasteiger partial charge in [-0.15, -0.1) is 0 Å². The van der Waals surface area contributed by atoms with Gasteiger partial charge in [-0.2, -0.15) is 5.10 Å². The van der Waals surface area contributed by atoms with Crippen LogP contribution in [0, 0.1) is 25.7 Å². The van der Waals surface area contributed by atoms with Crippen LogP contribution < -0.4 is 10.2 Å². The normalized spacial score (nSPS) is 11.2. The van der Waals surface area contributed by atoms with Gasteiger partial charge in [-0.3, -0.25) is 19.3 Å². The number of aliphatic hydroxyl groups is 1. The lowest BCUT2D eigenvalue weighted by Gasteiger charge is -2.21. The summed E-state index contributed by atoms with van der Waals surface area (Å²) in [4.78, 5) is 24.4. The summed E-state index contributed by atoms with van der Waals surface area (Å²) in [5.74, 6) is 6.27. The van der Waals surface area contributed by atoms with Crippen molar-refractivity contribution in [3.8, 4) is 23.0 Å². The van der Waals surface area contributed by atoms with Crippen LogP contribution in [0.1, 0.15) is 52.2 Å². The van der Waals surface area contributed by atoms with Crippen LogP contribution in [0.15, 0.2) is 91.8 Å². The van der Waals surface area contributed by atoms with Crippen LogP contribution in [-0.4, -0.2) is 42.6 Å². The highest BCUT2D eigenvalue weighted by molar-refractivity contribution is 6.06. The van der Waals surface area contributed by atoms with Gasteiger partial charge in [0.05, 0.1) is 29.4 Å². The number of nitrogens with zero attached hydrogens (tertiary/aromatic N) is 5. The van der Waals surface area contributed by atoms with Gasteiger partial charge in [-0.25, -0.2) is 4.98 Å². The number of aromatic nitrogens is 5. The highest BCUT2D eigenvalue weighted by atomic mass is 16.3. The first-order chi connectivity index (χ1) is 21.6. The van der Waals surface area contributed by atoms with E-state index in [0.717, 1.165) is 50.5 Å². The van der Waals surface area contributed by atoms with Crippen LogP contribution in [0.4, 0.5) is 17.1 Å². The summed E-state index contributed by atoms with van der Waals surface area (Å²) in [6.07, 6.45) is 10.7. The van der Waals surface area contributed by atoms with Crippen molar-refractivity contribution in [1.29, 1.82) is 0 Å². The number of fused-ring (bicyclic) bond motifs is 1. The second-order valence-corrected chi connectivity index (χ2v) is 11.5. The molecule has 4 aromatic heterocycles. The molecule has 4 heterocycles. The number of benzene rings is 2. The van der Waals surface area contributed by atoms with E-state index in [2.05, 4.69) is 37.3 Å². The summed E-state index contributed by atoms with van der Waals surface area (Å²) >= 11 is 0. The molecule has 0 aliphatic carbocycles. The maximum atomic E-state index is 13.7. The molecule has 0 aliphatic heterocycles. The molecule has 0 unspecified atom stereocenters. The maximum Gasteiger partial charge on any atom is 0.255 e. The highest BCUT2D eigenvalue weighted by Gasteiger charge is 2.20. The number of pyridine rings is 2. The van der Waals surface area contributed by atoms with E-state index in [9.17, 15) is 9.90 Å². The third kappa shape index (κ3) is 6.05. The van der Waals surface area contributed by atoms with Crippen molar-refractivity contribution in [3.05, 3.63) is 125 Å². The van der Waals surface area contributed by atoms with E-state index in [4.69, 9.17) is 0 Å². The van der Waals surface area contributed by atoms with Gasteiger partial charge >= 0.3 is 0 Å². The van der Waals surface area contributed by atoms with E-state index in [1.165, 1.54) is 0 Å². The van der Waals surface area contributed by atoms with E-state index < -0.39 is 5.60 Å². The number of imidazole rings is 1. The number of aromatic amines is 1. The molecule has 9 nitrogen and oxygen atoms in total. The Balaban J connectivity index is 1.31. The van der Waals surface area contributed by atoms with Crippen LogP contribution in [0.5, 0.6) is 0 Å². The van der Waals surface area contributed by atoms with Crippen LogP contribution in [0.3, 0.4) is 0 Å². The third-order valence-electron chi connectivity index (χ3n) is 7.80. The predicted molar refractivity (Wildman–Crippen MR) is 177 cm³/mol. The van der Waals surface area contributed by atoms with Gasteiger partial charge in [-0.05, 0) is 110 Å². The van der Waals surface area contributed by atoms with E-state index in [0.29, 0.717) is 16.8 Å². The average molecular weight is 596 g/mol. The molecule has 0 aliphatic rings. The van der Waals surface area contributed by atoms with Crippen molar-refractivity contribution < 1.29 is 9.90 Å². The van der Waals surface area contributed by atoms with Crippen molar-refractivity contribution in [3.63, 3.8) is 0 Å². The average Bonchev–Trinajstić information content (AvgIpc) is 3.71. The van der Waals surface area contributed by atoms with Gasteiger partial charge in [0.25, 0.3) is 5.91 Å². The van der Waals surface area contributed by atoms with Crippen LogP contribution in [-0.2, 0) is 5.60 Å². The first-order valence-corrected chi connectivity index (χ1v) is 14.5. The second-order valence-electron chi connectivity index (χ2n) is 11.5. The van der Waals surface area contributed by atoms with Gasteiger partial charge in [-0.1, -0.05) is 12.0 Å². The number of anilines is 3. The molecular weight excluding hydrogens is 562 g/mol. The third-order valence-corrected chi connectivity index (χ3v) is 7.80. The lowest BCUT2D eigenvalue weighted by molar-refractivity contribution is 0.0786. The molecular formula is C36H33N7O2. The molecule has 0 saturated carbocycles. The Hall–Kier alpha value is -5.72. The molecule has 2 aromatic carbocycles. The first kappa shape index (κ1) is 29.4. The van der Waals surface area contributed by atoms with Crippen LogP contribution in [0.2, 0.25) is 0 Å². The molecule has 0 saturated heterocycles. The zero-order valence-corrected chi connectivity index (χ0v) is 25.8. The van der Waals surface area contributed by atoms with E-state index in [1.807, 2.05) is 91.1 Å². The summed E-state index contributed by atoms with van der Waals surface area (Å²) in [6.45, 7) is 7.35. The molecule has 0 radical (unpaired) electrons. The van der Waals surface area contributed by atoms with Crippen molar-refractivity contribution in [1.82, 2.24) is 24.6 Å². The number of rotatable bonds is 6. The molecule has 224 valence electrons. The fourth-order valence-corrected chi connectivity index (χ4v) is 5.24. The van der Waals surface area contributed by atoms with Gasteiger partial charge < -0.3 is 15.3 Å². The Morgan fingerprint density at radius 3 is 2.53 bits per heavy atom. The number of carbonyl (C=O) groups excluding carboxylic acids is 1. The Morgan fingerprint density at radius 1 is 1.00 bits per heavy atom. The van der Waals surface area contributed by atoms with Gasteiger partial charge in [0.15, 0.2) is 5.65 Å². The number of nitrogens with one attached hydrogen (secondary N) is 2. The van der Waals surface area contributed by atoms with E-state index in [1.54, 1.807) is 44.7 Å². The second kappa shape index (κ2) is 11.8. The molecule has 0 atom stereocenters. The molecule has 9 heteroatoms. The largest absolute Gasteiger partial charge is 0.386 e. The lowest BCUT2D eigenvalue weighted by Crippen LogP contribution is -2.18. The SMILES string of the molecule is Cc1cc(C)c(C(=O)Nc2cc(-c3ccncc3)cc(C(C)(C)O)c2)cc1C#Cc1cnc2c(N(C)c3cn[nH]c3)cccn12. The summed E-state index contributed by atoms with van der Waals surface area (Å²) < 4.78 is 1.95. The zero-order valence-electron chi connectivity index (χ0n) is 25.8. The van der Waals surface area contributed by atoms with Crippen molar-refractivity contribution >= 4 is 28.6 Å². The molecule has 45 heavy (non-hydrogen) atoms. The number of H-pyrrole nitrogens is 1. The van der Waals surface area contributed by atoms with Crippen LogP contribution in [0.25, 0.3) is 16.8 Å². The lowest BCUT2D eigenvalue weighted by atomic mass is 9.93. The monoisotopic (exact) mass is 595 g/mol. The summed E-state index contributed by atoms with van der Waals surface area (Å²) in [7, 11) is 1.96. The molecule has 1 amide bonds. The fraction of sp³-hybridized carbons (Fsp3) is 0.167. The van der Waals surface area contributed by atoms with Crippen molar-refractivity contribution in [2.45, 2.75) is 33.3 Å². The predicted octanol–water partition coefficient (Wildman–Crippen LogP) is 6.38. The van der Waals surface area contributed by atoms with Gasteiger partial charge in [0, 0.05) is 48.6 Å². The molecule has 0 bridgehead atoms. The Labute approximate surface area is 261 Å². The minimum atomic E-state index is -1.10. The van der Waals surface area contributed by atoms with Crippen molar-refractivity contribution in [2.75, 3.05) is 17.3 Å². The van der Waals surface area contributed by atoms with E-state index in [-0.39, 0.29) is 5.91 Å². The number of hydrogen-bond donors (Lipinski definition) is 3. The van der Waals surface area contributed by atoms with Gasteiger partial charge in [0.1, 0.15) is 5.69 Å². The Kier molecular flexibility index (Phi) is 7.67. The summed E-state index contributed by atoms with van der Waals surface area (Å²) in [6, 6.07) is 17.2. The van der Waals surface area contributed by atoms with Crippen molar-refractivity contribution in [2.24, 2.45) is 0 Å². The van der Waals surface area contributed by atoms with Gasteiger partial charge in [0.2, 0.25) is 0 Å². The smallest absolute Gasteiger partial charge is 0.255 e. The first-order valence-electron chi connectivity index (χ1n) is 14.5. The fourth-order valence-electron chi connectivity index (χ4n) is 5.24. The topological polar surface area (TPSA) is 111 Å². The molecule has 0 fully saturated rings. The maximum absolute atomic E-state index is 13.7. The standard InChI is InChI=1S/C36H33N7O2/c1-23-15-24(2)32(35(44)41-29-17-27(25-10-12-37-13-11-25)16-28(19-29)36(3,4)45)18-26(23)8-9-30-20-38-34-33(7-6-14-43(30)34)42(5)31-21-39-40-22-31/h6-7,10-22,45H,1-5H3,(H,39,40)(H,41,44). The quantitative estimate of drug-likeness (QED) is 0.193.